The molecule has 10 heteroatoms. The Bertz CT molecular complexity index is 1210. The molecule has 1 amide bonds. The summed E-state index contributed by atoms with van der Waals surface area (Å²) in [5.41, 5.74) is 2.90. The van der Waals surface area contributed by atoms with Crippen LogP contribution in [0.5, 0.6) is 11.5 Å². The normalized spacial score (nSPS) is 23.0. The smallest absolute Gasteiger partial charge is 0.385 e. The monoisotopic (exact) mass is 516 g/mol. The maximum atomic E-state index is 13.6. The second-order valence-electron chi connectivity index (χ2n) is 9.48. The number of likely N-dealkylation sites (tertiary alicyclic amines) is 1. The summed E-state index contributed by atoms with van der Waals surface area (Å²) < 4.78 is 48.9. The van der Waals surface area contributed by atoms with Crippen LogP contribution in [0.1, 0.15) is 40.2 Å². The van der Waals surface area contributed by atoms with Crippen molar-refractivity contribution in [3.8, 4) is 11.5 Å². The maximum Gasteiger partial charge on any atom is 0.385 e. The first kappa shape index (κ1) is 25.0. The molecule has 0 spiro atoms. The fourth-order valence-electron chi connectivity index (χ4n) is 4.84. The molecule has 5 rings (SSSR count). The highest BCUT2D eigenvalue weighted by molar-refractivity contribution is 7.84. The van der Waals surface area contributed by atoms with Crippen LogP contribution in [0.15, 0.2) is 42.5 Å². The van der Waals surface area contributed by atoms with Gasteiger partial charge in [-0.2, -0.15) is 12.7 Å². The molecule has 36 heavy (non-hydrogen) atoms. The van der Waals surface area contributed by atoms with Gasteiger partial charge in [-0.15, -0.1) is 0 Å². The lowest BCUT2D eigenvalue weighted by molar-refractivity contribution is 0.0339. The molecule has 3 aliphatic rings. The minimum Gasteiger partial charge on any atom is -0.486 e. The van der Waals surface area contributed by atoms with E-state index in [4.69, 9.17) is 18.4 Å². The van der Waals surface area contributed by atoms with Gasteiger partial charge in [0.15, 0.2) is 0 Å². The lowest BCUT2D eigenvalue weighted by Gasteiger charge is -2.25. The van der Waals surface area contributed by atoms with E-state index in [0.717, 1.165) is 29.5 Å². The van der Waals surface area contributed by atoms with Gasteiger partial charge in [0.2, 0.25) is 0 Å². The zero-order valence-electron chi connectivity index (χ0n) is 20.6. The Morgan fingerprint density at radius 3 is 2.42 bits per heavy atom. The topological polar surface area (TPSA) is 94.6 Å². The highest BCUT2D eigenvalue weighted by Crippen LogP contribution is 2.42. The Balaban J connectivity index is 1.28. The number of benzene rings is 2. The van der Waals surface area contributed by atoms with Crippen molar-refractivity contribution in [2.45, 2.75) is 37.9 Å². The van der Waals surface area contributed by atoms with Gasteiger partial charge in [0.25, 0.3) is 5.91 Å². The molecule has 2 aromatic carbocycles. The molecule has 1 saturated carbocycles. The Labute approximate surface area is 212 Å². The van der Waals surface area contributed by atoms with Gasteiger partial charge in [-0.25, -0.2) is 0 Å². The van der Waals surface area contributed by atoms with E-state index < -0.39 is 16.4 Å². The number of methoxy groups -OCH3 is 1. The Morgan fingerprint density at radius 2 is 1.69 bits per heavy atom. The molecule has 1 aliphatic carbocycles. The second-order valence-corrected chi connectivity index (χ2v) is 11.0. The van der Waals surface area contributed by atoms with Gasteiger partial charge in [0.05, 0.1) is 26.3 Å². The van der Waals surface area contributed by atoms with E-state index in [-0.39, 0.29) is 30.9 Å². The van der Waals surface area contributed by atoms with Crippen molar-refractivity contribution in [1.82, 2.24) is 9.21 Å². The van der Waals surface area contributed by atoms with Crippen molar-refractivity contribution in [2.24, 2.45) is 0 Å². The summed E-state index contributed by atoms with van der Waals surface area (Å²) in [6.07, 6.45) is 1.52. The molecule has 0 N–H and O–H groups in total. The molecule has 2 heterocycles. The van der Waals surface area contributed by atoms with E-state index in [1.54, 1.807) is 36.3 Å². The lowest BCUT2D eigenvalue weighted by Crippen LogP contribution is -2.42. The van der Waals surface area contributed by atoms with E-state index in [2.05, 4.69) is 6.07 Å². The first-order valence-corrected chi connectivity index (χ1v) is 13.7. The molecule has 2 saturated heterocycles. The fourth-order valence-corrected chi connectivity index (χ4v) is 5.89. The van der Waals surface area contributed by atoms with Gasteiger partial charge < -0.3 is 23.3 Å². The Hall–Kier alpha value is -2.66. The van der Waals surface area contributed by atoms with E-state index in [1.165, 1.54) is 4.31 Å². The fraction of sp³-hybridized carbons (Fsp3) is 0.500. The minimum absolute atomic E-state index is 0.00293. The number of carbonyl (C=O) groups is 1. The van der Waals surface area contributed by atoms with Gasteiger partial charge in [-0.1, -0.05) is 24.3 Å². The Morgan fingerprint density at radius 1 is 1.00 bits per heavy atom. The van der Waals surface area contributed by atoms with Crippen molar-refractivity contribution in [3.05, 3.63) is 59.2 Å². The van der Waals surface area contributed by atoms with Gasteiger partial charge in [-0.05, 0) is 48.9 Å². The molecule has 194 valence electrons. The van der Waals surface area contributed by atoms with Crippen LogP contribution in [0.25, 0.3) is 0 Å². The van der Waals surface area contributed by atoms with E-state index in [0.29, 0.717) is 38.0 Å². The minimum atomic E-state index is -3.94. The molecule has 0 aromatic heterocycles. The van der Waals surface area contributed by atoms with Crippen LogP contribution < -0.4 is 8.92 Å². The first-order chi connectivity index (χ1) is 17.4. The van der Waals surface area contributed by atoms with Gasteiger partial charge in [0, 0.05) is 31.8 Å². The molecule has 2 unspecified atom stereocenters. The summed E-state index contributed by atoms with van der Waals surface area (Å²) in [4.78, 5) is 15.3. The molecule has 9 nitrogen and oxygen atoms in total. The van der Waals surface area contributed by atoms with Crippen molar-refractivity contribution >= 4 is 16.2 Å². The van der Waals surface area contributed by atoms with Crippen LogP contribution in [0.3, 0.4) is 0 Å². The number of aryl methyl sites for hydroxylation is 1. The van der Waals surface area contributed by atoms with E-state index in [9.17, 15) is 13.2 Å². The zero-order chi connectivity index (χ0) is 25.3. The third-order valence-corrected chi connectivity index (χ3v) is 8.32. The number of carbonyl (C=O) groups excluding carboxylic acids is 1. The van der Waals surface area contributed by atoms with E-state index >= 15 is 0 Å². The van der Waals surface area contributed by atoms with Gasteiger partial charge >= 0.3 is 10.3 Å². The van der Waals surface area contributed by atoms with Crippen LogP contribution in [0, 0.1) is 6.92 Å². The third kappa shape index (κ3) is 5.36. The molecule has 2 atom stereocenters. The first-order valence-electron chi connectivity index (χ1n) is 12.3. The summed E-state index contributed by atoms with van der Waals surface area (Å²) in [6, 6.07) is 12.6. The van der Waals surface area contributed by atoms with Gasteiger partial charge in [-0.3, -0.25) is 4.79 Å². The zero-order valence-corrected chi connectivity index (χ0v) is 21.4. The van der Waals surface area contributed by atoms with Crippen LogP contribution in [-0.4, -0.2) is 82.2 Å². The average molecular weight is 517 g/mol. The third-order valence-electron chi connectivity index (χ3n) is 6.92. The lowest BCUT2D eigenvalue weighted by atomic mass is 9.97. The predicted octanol–water partition coefficient (Wildman–Crippen LogP) is 2.75. The van der Waals surface area contributed by atoms with Crippen LogP contribution in [0.2, 0.25) is 0 Å². The molecule has 2 aliphatic heterocycles. The van der Waals surface area contributed by atoms with Crippen LogP contribution in [-0.2, 0) is 19.8 Å². The van der Waals surface area contributed by atoms with Crippen molar-refractivity contribution in [2.75, 3.05) is 46.5 Å². The number of hydrogen-bond acceptors (Lipinski definition) is 7. The number of ether oxygens (including phenoxy) is 3. The SMILES string of the molecule is COC1CN(C(=O)c2c(C)cccc2C2CC2)CC1Oc1cccc(OS(=O)(=O)N2CCOCC2)c1. The molecule has 2 aromatic rings. The quantitative estimate of drug-likeness (QED) is 0.533. The number of amides is 1. The standard InChI is InChI=1S/C26H32N2O7S/c1-18-5-3-8-22(19-9-10-19)25(18)26(29)27-16-23(32-2)24(17-27)34-20-6-4-7-21(15-20)35-36(30,31)28-11-13-33-14-12-28/h3-8,15,19,23-24H,9-14,16-17H2,1-2H3. The number of hydrogen-bond donors (Lipinski definition) is 0. The summed E-state index contributed by atoms with van der Waals surface area (Å²) in [7, 11) is -2.33. The summed E-state index contributed by atoms with van der Waals surface area (Å²) in [5, 5.41) is 0. The maximum absolute atomic E-state index is 13.6. The van der Waals surface area contributed by atoms with Crippen LogP contribution >= 0.6 is 0 Å². The largest absolute Gasteiger partial charge is 0.486 e. The van der Waals surface area contributed by atoms with Crippen molar-refractivity contribution in [3.63, 3.8) is 0 Å². The predicted molar refractivity (Wildman–Crippen MR) is 133 cm³/mol. The van der Waals surface area contributed by atoms with Gasteiger partial charge in [0.1, 0.15) is 23.7 Å². The van der Waals surface area contributed by atoms with Crippen molar-refractivity contribution < 1.29 is 31.6 Å². The highest BCUT2D eigenvalue weighted by atomic mass is 32.2. The second kappa shape index (κ2) is 10.4. The number of rotatable bonds is 8. The van der Waals surface area contributed by atoms with E-state index in [1.807, 2.05) is 19.1 Å². The molecule has 3 fully saturated rings. The molecule has 0 radical (unpaired) electrons. The van der Waals surface area contributed by atoms with Crippen molar-refractivity contribution in [1.29, 1.82) is 0 Å². The summed E-state index contributed by atoms with van der Waals surface area (Å²) >= 11 is 0. The number of morpholine rings is 1. The summed E-state index contributed by atoms with van der Waals surface area (Å²) in [6.45, 7) is 3.95. The molecular weight excluding hydrogens is 484 g/mol. The number of nitrogens with zero attached hydrogens (tertiary/aromatic N) is 2. The Kier molecular flexibility index (Phi) is 7.21. The van der Waals surface area contributed by atoms with Crippen LogP contribution in [0.4, 0.5) is 0 Å². The summed E-state index contributed by atoms with van der Waals surface area (Å²) in [5.74, 6) is 1.07. The molecular formula is C26H32N2O7S. The molecule has 0 bridgehead atoms. The highest BCUT2D eigenvalue weighted by Gasteiger charge is 2.39. The average Bonchev–Trinajstić information content (AvgIpc) is 3.64.